The van der Waals surface area contributed by atoms with Crippen molar-refractivity contribution in [3.05, 3.63) is 89.0 Å². The lowest BCUT2D eigenvalue weighted by atomic mass is 9.75. The molecule has 0 bridgehead atoms. The van der Waals surface area contributed by atoms with Gasteiger partial charge >= 0.3 is 6.18 Å². The van der Waals surface area contributed by atoms with E-state index in [1.165, 1.54) is 25.0 Å². The van der Waals surface area contributed by atoms with Crippen molar-refractivity contribution in [1.29, 1.82) is 0 Å². The van der Waals surface area contributed by atoms with E-state index in [1.54, 1.807) is 13.2 Å². The summed E-state index contributed by atoms with van der Waals surface area (Å²) in [6.07, 6.45) is -1.90. The van der Waals surface area contributed by atoms with Gasteiger partial charge in [-0.2, -0.15) is 13.2 Å². The van der Waals surface area contributed by atoms with Crippen molar-refractivity contribution in [2.45, 2.75) is 30.9 Å². The molecule has 2 aliphatic rings. The first kappa shape index (κ1) is 24.5. The molecule has 7 heteroatoms. The van der Waals surface area contributed by atoms with Gasteiger partial charge in [-0.1, -0.05) is 36.4 Å². The molecule has 0 N–H and O–H groups in total. The molecular formula is C29H30F3NO3. The Bertz CT molecular complexity index is 1170. The third-order valence-electron chi connectivity index (χ3n) is 7.13. The van der Waals surface area contributed by atoms with Gasteiger partial charge in [0.2, 0.25) is 0 Å². The van der Waals surface area contributed by atoms with Crippen LogP contribution in [-0.2, 0) is 6.18 Å². The van der Waals surface area contributed by atoms with Gasteiger partial charge < -0.3 is 14.2 Å². The molecule has 190 valence electrons. The number of benzene rings is 3. The first-order valence-corrected chi connectivity index (χ1v) is 12.4. The Hall–Kier alpha value is -3.19. The highest BCUT2D eigenvalue weighted by molar-refractivity contribution is 5.51. The van der Waals surface area contributed by atoms with Crippen molar-refractivity contribution in [3.8, 4) is 17.2 Å². The number of hydrogen-bond donors (Lipinski definition) is 0. The van der Waals surface area contributed by atoms with Gasteiger partial charge in [-0.05, 0) is 61.3 Å². The van der Waals surface area contributed by atoms with Crippen LogP contribution in [0.2, 0.25) is 0 Å². The Labute approximate surface area is 209 Å². The van der Waals surface area contributed by atoms with Crippen LogP contribution in [0.15, 0.2) is 66.7 Å². The van der Waals surface area contributed by atoms with Crippen LogP contribution in [0.5, 0.6) is 17.2 Å². The van der Waals surface area contributed by atoms with E-state index in [-0.39, 0.29) is 18.4 Å². The molecule has 36 heavy (non-hydrogen) atoms. The lowest BCUT2D eigenvalue weighted by molar-refractivity contribution is -0.137. The van der Waals surface area contributed by atoms with E-state index in [9.17, 15) is 13.2 Å². The molecule has 0 saturated carbocycles. The molecule has 4 nitrogen and oxygen atoms in total. The lowest BCUT2D eigenvalue weighted by Gasteiger charge is -2.35. The topological polar surface area (TPSA) is 30.9 Å². The molecule has 2 heterocycles. The summed E-state index contributed by atoms with van der Waals surface area (Å²) in [6, 6.07) is 19.1. The van der Waals surface area contributed by atoms with E-state index in [1.807, 2.05) is 42.5 Å². The molecule has 5 rings (SSSR count). The van der Waals surface area contributed by atoms with Crippen LogP contribution in [0.4, 0.5) is 13.2 Å². The number of hydrogen-bond acceptors (Lipinski definition) is 4. The molecule has 0 spiro atoms. The van der Waals surface area contributed by atoms with Gasteiger partial charge in [0.25, 0.3) is 0 Å². The minimum Gasteiger partial charge on any atom is -0.497 e. The Balaban J connectivity index is 1.43. The zero-order valence-corrected chi connectivity index (χ0v) is 20.3. The molecular weight excluding hydrogens is 467 g/mol. The maximum atomic E-state index is 13.5. The molecule has 0 aromatic heterocycles. The minimum absolute atomic E-state index is 0.179. The summed E-state index contributed by atoms with van der Waals surface area (Å²) in [7, 11) is 1.59. The number of methoxy groups -OCH3 is 1. The predicted octanol–water partition coefficient (Wildman–Crippen LogP) is 6.50. The number of likely N-dealkylation sites (tertiary alicyclic amines) is 1. The van der Waals surface area contributed by atoms with Gasteiger partial charge in [0.15, 0.2) is 0 Å². The van der Waals surface area contributed by atoms with Crippen LogP contribution < -0.4 is 14.2 Å². The second-order valence-corrected chi connectivity index (χ2v) is 9.39. The fourth-order valence-corrected chi connectivity index (χ4v) is 5.23. The quantitative estimate of drug-likeness (QED) is 0.373. The van der Waals surface area contributed by atoms with Crippen molar-refractivity contribution in [3.63, 3.8) is 0 Å². The van der Waals surface area contributed by atoms with E-state index in [0.29, 0.717) is 23.7 Å². The number of halogens is 3. The van der Waals surface area contributed by atoms with Crippen molar-refractivity contribution < 1.29 is 27.4 Å². The van der Waals surface area contributed by atoms with Gasteiger partial charge in [0.1, 0.15) is 23.9 Å². The summed E-state index contributed by atoms with van der Waals surface area (Å²) < 4.78 is 57.7. The average Bonchev–Trinajstić information content (AvgIpc) is 3.41. The molecule has 2 atom stereocenters. The van der Waals surface area contributed by atoms with Gasteiger partial charge in [0, 0.05) is 30.0 Å². The Morgan fingerprint density at radius 1 is 0.917 bits per heavy atom. The molecule has 1 saturated heterocycles. The zero-order chi connectivity index (χ0) is 25.1. The molecule has 0 amide bonds. The molecule has 3 aromatic rings. The minimum atomic E-state index is -4.40. The number of fused-ring (bicyclic) bond motifs is 1. The largest absolute Gasteiger partial charge is 0.497 e. The van der Waals surface area contributed by atoms with Crippen LogP contribution in [0.1, 0.15) is 46.9 Å². The smallest absolute Gasteiger partial charge is 0.416 e. The molecule has 2 unspecified atom stereocenters. The lowest BCUT2D eigenvalue weighted by Crippen LogP contribution is -2.26. The fraction of sp³-hybridized carbons (Fsp3) is 0.379. The number of nitrogens with zero attached hydrogens (tertiary/aromatic N) is 1. The molecule has 0 radical (unpaired) electrons. The van der Waals surface area contributed by atoms with Crippen molar-refractivity contribution >= 4 is 0 Å². The van der Waals surface area contributed by atoms with Crippen LogP contribution in [0.25, 0.3) is 0 Å². The fourth-order valence-electron chi connectivity index (χ4n) is 5.23. The van der Waals surface area contributed by atoms with E-state index < -0.39 is 11.7 Å². The summed E-state index contributed by atoms with van der Waals surface area (Å²) in [5, 5.41) is 0. The third-order valence-corrected chi connectivity index (χ3v) is 7.13. The highest BCUT2D eigenvalue weighted by Crippen LogP contribution is 2.47. The molecule has 0 aliphatic carbocycles. The summed E-state index contributed by atoms with van der Waals surface area (Å²) in [5.41, 5.74) is 1.87. The summed E-state index contributed by atoms with van der Waals surface area (Å²) in [4.78, 5) is 2.40. The maximum Gasteiger partial charge on any atom is 0.416 e. The van der Waals surface area contributed by atoms with Crippen molar-refractivity contribution in [2.24, 2.45) is 0 Å². The van der Waals surface area contributed by atoms with Gasteiger partial charge in [0.05, 0.1) is 19.3 Å². The third kappa shape index (κ3) is 5.31. The highest BCUT2D eigenvalue weighted by Gasteiger charge is 2.36. The molecule has 2 aliphatic heterocycles. The van der Waals surface area contributed by atoms with Gasteiger partial charge in [-0.3, -0.25) is 4.90 Å². The first-order valence-electron chi connectivity index (χ1n) is 12.4. The predicted molar refractivity (Wildman–Crippen MR) is 132 cm³/mol. The summed E-state index contributed by atoms with van der Waals surface area (Å²) >= 11 is 0. The highest BCUT2D eigenvalue weighted by atomic mass is 19.4. The Kier molecular flexibility index (Phi) is 7.10. The van der Waals surface area contributed by atoms with E-state index in [2.05, 4.69) is 4.90 Å². The second-order valence-electron chi connectivity index (χ2n) is 9.39. The van der Waals surface area contributed by atoms with Crippen LogP contribution >= 0.6 is 0 Å². The summed E-state index contributed by atoms with van der Waals surface area (Å²) in [6.45, 7) is 4.07. The number of rotatable bonds is 7. The first-order chi connectivity index (χ1) is 17.4. The van der Waals surface area contributed by atoms with Gasteiger partial charge in [-0.15, -0.1) is 0 Å². The van der Waals surface area contributed by atoms with E-state index >= 15 is 0 Å². The standard InChI is InChI=1S/C29H30F3NO3/c1-34-24-11-12-25-27(18-24)36-19-26(21-5-4-6-22(17-21)29(30,31)32)28(25)20-7-9-23(10-8-20)35-16-15-33-13-2-3-14-33/h4-12,17-18,26,28H,2-3,13-16,19H2,1H3. The van der Waals surface area contributed by atoms with Crippen LogP contribution in [-0.4, -0.2) is 44.9 Å². The Morgan fingerprint density at radius 3 is 2.39 bits per heavy atom. The van der Waals surface area contributed by atoms with Crippen molar-refractivity contribution in [2.75, 3.05) is 40.0 Å². The molecule has 1 fully saturated rings. The average molecular weight is 498 g/mol. The SMILES string of the molecule is COc1ccc2c(c1)OCC(c1cccc(C(F)(F)F)c1)C2c1ccc(OCCN2CCCC2)cc1. The summed E-state index contributed by atoms with van der Waals surface area (Å²) in [5.74, 6) is 1.69. The van der Waals surface area contributed by atoms with Crippen LogP contribution in [0, 0.1) is 0 Å². The van der Waals surface area contributed by atoms with E-state index in [4.69, 9.17) is 14.2 Å². The van der Waals surface area contributed by atoms with Gasteiger partial charge in [-0.25, -0.2) is 0 Å². The number of alkyl halides is 3. The second kappa shape index (κ2) is 10.4. The monoisotopic (exact) mass is 497 g/mol. The van der Waals surface area contributed by atoms with E-state index in [0.717, 1.165) is 42.6 Å². The zero-order valence-electron chi connectivity index (χ0n) is 20.3. The number of ether oxygens (including phenoxy) is 3. The van der Waals surface area contributed by atoms with Crippen molar-refractivity contribution in [1.82, 2.24) is 4.90 Å². The maximum absolute atomic E-state index is 13.5. The molecule has 3 aromatic carbocycles. The normalized spacial score (nSPS) is 20.0. The van der Waals surface area contributed by atoms with Crippen LogP contribution in [0.3, 0.4) is 0 Å². The Morgan fingerprint density at radius 2 is 1.67 bits per heavy atom.